The Kier molecular flexibility index (Phi) is 34.5. The average Bonchev–Trinajstić information content (AvgIpc) is 1.70. The van der Waals surface area contributed by atoms with E-state index in [4.69, 9.17) is 10.5 Å². The quantitative estimate of drug-likeness (QED) is 0.0186. The van der Waals surface area contributed by atoms with E-state index >= 15 is 0 Å². The van der Waals surface area contributed by atoms with Gasteiger partial charge in [0.1, 0.15) is 43.7 Å². The van der Waals surface area contributed by atoms with Gasteiger partial charge in [-0.2, -0.15) is 0 Å². The van der Waals surface area contributed by atoms with E-state index in [9.17, 15) is 77.3 Å². The molecule has 16 N–H and O–H groups in total. The van der Waals surface area contributed by atoms with E-state index in [1.165, 1.54) is 6.33 Å². The largest absolute Gasteiger partial charge is 0.480 e. The standard InChI is InChI=1S/C67H97N19O17/c1-44(2)63(67(102)75-36-56(90)78-51(14-13-48-34-69-43-76-48)64(99)70-17-20-82-18-5-6-19-82)81-57(91)37-74-65(100)53(31-46-33-71-50-8-4-3-7-49(46)50)80-66(101)52(15-16-54(68)88)79-55(89)35-73-59(93)41-103-42-60(94)77-47-11-9-45(10-12-47)32-72-58(92)38-84-25-27-85(39-61(95)96)23-21-83(29-30-87)22-24-86(28-26-84)40-62(97)98/h3-4,7-12,30,33-34,43-44,51-53,63,71H,5-6,13-29,31-32,35-42H2,1-2H3,(H2,68,88)(H,69,76)(H,70,99)(H,72,92)(H,73,93)(H,74,100)(H,75,102)(H,77,94)(H,78,90)(H,79,89)(H,80,101)(H,81,91)(H,95,96)(H,97,98)/t51-,52-,53-,63?/m0/s1. The molecule has 0 radical (unpaired) electrons. The summed E-state index contributed by atoms with van der Waals surface area (Å²) in [5.74, 6) is -10.5. The van der Waals surface area contributed by atoms with Gasteiger partial charge in [0, 0.05) is 120 Å². The number of imidazole rings is 1. The van der Waals surface area contributed by atoms with Crippen LogP contribution in [0.2, 0.25) is 0 Å². The van der Waals surface area contributed by atoms with Crippen molar-refractivity contribution in [2.24, 2.45) is 11.7 Å². The van der Waals surface area contributed by atoms with Gasteiger partial charge in [0.15, 0.2) is 0 Å². The minimum atomic E-state index is -1.50. The fourth-order valence-corrected chi connectivity index (χ4v) is 11.4. The molecule has 4 atom stereocenters. The molecule has 11 amide bonds. The molecule has 4 heterocycles. The number of hydrogen-bond donors (Lipinski definition) is 15. The first-order chi connectivity index (χ1) is 49.4. The molecule has 4 aromatic rings. The number of carboxylic acid groups (broad SMARTS) is 2. The maximum atomic E-state index is 14.1. The Morgan fingerprint density at radius 3 is 1.76 bits per heavy atom. The summed E-state index contributed by atoms with van der Waals surface area (Å²) in [6.45, 7) is 5.37. The minimum Gasteiger partial charge on any atom is -0.480 e. The molecule has 0 spiro atoms. The van der Waals surface area contributed by atoms with Crippen molar-refractivity contribution in [3.05, 3.63) is 84.1 Å². The van der Waals surface area contributed by atoms with Gasteiger partial charge >= 0.3 is 11.9 Å². The number of likely N-dealkylation sites (tertiary alicyclic amines) is 1. The van der Waals surface area contributed by atoms with Gasteiger partial charge in [0.05, 0.1) is 52.1 Å². The summed E-state index contributed by atoms with van der Waals surface area (Å²) in [5.41, 5.74) is 8.50. The lowest BCUT2D eigenvalue weighted by molar-refractivity contribution is -0.139. The Balaban J connectivity index is 0.950. The second kappa shape index (κ2) is 43.5. The molecule has 0 bridgehead atoms. The van der Waals surface area contributed by atoms with Crippen LogP contribution < -0.4 is 58.9 Å². The van der Waals surface area contributed by atoms with E-state index in [-0.39, 0.29) is 63.8 Å². The maximum Gasteiger partial charge on any atom is 0.317 e. The van der Waals surface area contributed by atoms with Gasteiger partial charge in [-0.25, -0.2) is 4.98 Å². The molecule has 2 aromatic carbocycles. The van der Waals surface area contributed by atoms with Crippen LogP contribution >= 0.6 is 0 Å². The Morgan fingerprint density at radius 2 is 1.16 bits per heavy atom. The lowest BCUT2D eigenvalue weighted by Gasteiger charge is -2.32. The molecule has 2 saturated heterocycles. The van der Waals surface area contributed by atoms with Crippen molar-refractivity contribution >= 4 is 99.8 Å². The SMILES string of the molecule is CC(C)C(NC(=O)CNC(=O)[C@H](Cc1c[nH]c2ccccc12)NC(=O)[C@H](CCC(N)=O)NC(=O)CNC(=O)COCC(=O)Nc1ccc(CNC(=O)CN2CCN(CC(=O)O)CCN(CC=O)CCN(CC(=O)O)CC2)cc1)C(=O)NCC(=O)N[C@@H](CCc1cnc[nH]1)C(=O)NCCN1CCCC1. The van der Waals surface area contributed by atoms with E-state index in [1.807, 2.05) is 9.80 Å². The highest BCUT2D eigenvalue weighted by Crippen LogP contribution is 2.20. The number of nitrogens with two attached hydrogens (primary N) is 1. The molecule has 2 fully saturated rings. The highest BCUT2D eigenvalue weighted by molar-refractivity contribution is 5.97. The zero-order valence-electron chi connectivity index (χ0n) is 58.1. The van der Waals surface area contributed by atoms with E-state index in [1.54, 1.807) is 84.6 Å². The molecule has 1 unspecified atom stereocenters. The number of H-pyrrole nitrogens is 2. The minimum absolute atomic E-state index is 0.0661. The van der Waals surface area contributed by atoms with Gasteiger partial charge in [-0.15, -0.1) is 0 Å². The number of carbonyl (C=O) groups excluding carboxylic acids is 12. The first-order valence-electron chi connectivity index (χ1n) is 34.2. The summed E-state index contributed by atoms with van der Waals surface area (Å²) in [5, 5.41) is 45.8. The molecule has 2 aliphatic heterocycles. The van der Waals surface area contributed by atoms with Gasteiger partial charge in [0.25, 0.3) is 0 Å². The number of nitrogens with one attached hydrogen (secondary N) is 12. The number of carbonyl (C=O) groups is 14. The van der Waals surface area contributed by atoms with Crippen molar-refractivity contribution in [3.63, 3.8) is 0 Å². The summed E-state index contributed by atoms with van der Waals surface area (Å²) in [6.07, 6.45) is 7.42. The van der Waals surface area contributed by atoms with E-state index in [0.29, 0.717) is 99.6 Å². The molecule has 2 aromatic heterocycles. The number of aliphatic carboxylic acids is 2. The van der Waals surface area contributed by atoms with Crippen LogP contribution in [0.4, 0.5) is 5.69 Å². The molecule has 6 rings (SSSR count). The summed E-state index contributed by atoms with van der Waals surface area (Å²) >= 11 is 0. The zero-order valence-corrected chi connectivity index (χ0v) is 58.1. The van der Waals surface area contributed by atoms with Crippen LogP contribution in [0.1, 0.15) is 62.8 Å². The summed E-state index contributed by atoms with van der Waals surface area (Å²) in [7, 11) is 0. The molecule has 562 valence electrons. The number of rotatable bonds is 41. The highest BCUT2D eigenvalue weighted by Gasteiger charge is 2.31. The first-order valence-corrected chi connectivity index (χ1v) is 34.2. The van der Waals surface area contributed by atoms with Gasteiger partial charge in [0.2, 0.25) is 65.0 Å². The number of aromatic amines is 2. The number of aryl methyl sites for hydroxylation is 1. The number of primary amides is 1. The second-order valence-electron chi connectivity index (χ2n) is 25.4. The normalized spacial score (nSPS) is 15.5. The lowest BCUT2D eigenvalue weighted by Crippen LogP contribution is -2.57. The Bertz CT molecular complexity index is 3460. The van der Waals surface area contributed by atoms with Gasteiger partial charge in [-0.05, 0) is 80.4 Å². The Hall–Kier alpha value is -10.3. The van der Waals surface area contributed by atoms with Crippen LogP contribution in [-0.4, -0.2) is 295 Å². The lowest BCUT2D eigenvalue weighted by atomic mass is 10.0. The van der Waals surface area contributed by atoms with Crippen molar-refractivity contribution < 1.29 is 82.1 Å². The average molecular weight is 1440 g/mol. The van der Waals surface area contributed by atoms with Crippen LogP contribution in [0.25, 0.3) is 10.9 Å². The molecule has 0 aliphatic carbocycles. The predicted octanol–water partition coefficient (Wildman–Crippen LogP) is -4.65. The fraction of sp³-hybridized carbons (Fsp3) is 0.537. The van der Waals surface area contributed by atoms with Crippen LogP contribution in [0.5, 0.6) is 0 Å². The Morgan fingerprint density at radius 1 is 0.583 bits per heavy atom. The van der Waals surface area contributed by atoms with Gasteiger partial charge in [-0.1, -0.05) is 44.2 Å². The predicted molar refractivity (Wildman–Crippen MR) is 372 cm³/mol. The number of nitrogens with zero attached hydrogens (tertiary/aromatic N) is 6. The van der Waals surface area contributed by atoms with Gasteiger partial charge in [-0.3, -0.25) is 81.9 Å². The third-order valence-electron chi connectivity index (χ3n) is 17.0. The summed E-state index contributed by atoms with van der Waals surface area (Å²) in [4.78, 5) is 200. The number of carboxylic acids is 2. The Labute approximate surface area is 595 Å². The smallest absolute Gasteiger partial charge is 0.317 e. The number of para-hydroxylation sites is 1. The summed E-state index contributed by atoms with van der Waals surface area (Å²) in [6, 6.07) is 8.55. The first kappa shape index (κ1) is 81.7. The van der Waals surface area contributed by atoms with Crippen molar-refractivity contribution in [1.29, 1.82) is 0 Å². The number of aldehydes is 1. The molecular formula is C67H97N19O17. The molecule has 36 heteroatoms. The molecule has 36 nitrogen and oxygen atoms in total. The number of hydrogen-bond acceptors (Lipinski definition) is 21. The van der Waals surface area contributed by atoms with E-state index in [0.717, 1.165) is 37.9 Å². The third-order valence-corrected chi connectivity index (χ3v) is 17.0. The molecular weight excluding hydrogens is 1340 g/mol. The van der Waals surface area contributed by atoms with Crippen LogP contribution in [0.15, 0.2) is 67.3 Å². The number of fused-ring (bicyclic) bond motifs is 1. The van der Waals surface area contributed by atoms with Crippen molar-refractivity contribution in [2.75, 3.05) is 143 Å². The topological polar surface area (TPSA) is 496 Å². The monoisotopic (exact) mass is 1440 g/mol. The van der Waals surface area contributed by atoms with Gasteiger partial charge < -0.3 is 93.5 Å². The van der Waals surface area contributed by atoms with Crippen LogP contribution in [0.3, 0.4) is 0 Å². The van der Waals surface area contributed by atoms with Crippen molar-refractivity contribution in [1.82, 2.24) is 87.3 Å². The molecule has 2 aliphatic rings. The number of amides is 11. The molecule has 103 heavy (non-hydrogen) atoms. The number of ether oxygens (including phenoxy) is 1. The maximum absolute atomic E-state index is 14.1. The zero-order chi connectivity index (χ0) is 74.6. The van der Waals surface area contributed by atoms with Crippen molar-refractivity contribution in [2.45, 2.75) is 89.5 Å². The highest BCUT2D eigenvalue weighted by atomic mass is 16.5. The van der Waals surface area contributed by atoms with Crippen molar-refractivity contribution in [3.8, 4) is 0 Å². The number of aromatic nitrogens is 3. The number of anilines is 1. The van der Waals surface area contributed by atoms with E-state index < -0.39 is 134 Å². The van der Waals surface area contributed by atoms with Crippen LogP contribution in [0, 0.1) is 5.92 Å². The fourth-order valence-electron chi connectivity index (χ4n) is 11.4. The number of benzene rings is 2. The second-order valence-corrected chi connectivity index (χ2v) is 25.4. The van der Waals surface area contributed by atoms with E-state index in [2.05, 4.69) is 73.0 Å². The third kappa shape index (κ3) is 30.8. The summed E-state index contributed by atoms with van der Waals surface area (Å²) < 4.78 is 5.27. The van der Waals surface area contributed by atoms with Crippen LogP contribution in [-0.2, 0) is 91.2 Å². The molecule has 0 saturated carbocycles.